The lowest BCUT2D eigenvalue weighted by Gasteiger charge is -2.13. The first-order chi connectivity index (χ1) is 7.74. The maximum absolute atomic E-state index is 10.8. The Labute approximate surface area is 95.2 Å². The summed E-state index contributed by atoms with van der Waals surface area (Å²) in [6, 6.07) is 9.32. The van der Waals surface area contributed by atoms with Crippen LogP contribution in [0.4, 0.5) is 0 Å². The van der Waals surface area contributed by atoms with Crippen LogP contribution in [0.15, 0.2) is 30.3 Å². The molecule has 88 valence electrons. The second-order valence-electron chi connectivity index (χ2n) is 3.54. The summed E-state index contributed by atoms with van der Waals surface area (Å²) in [6.45, 7) is 0.814. The molecular formula is C12H17NO3. The van der Waals surface area contributed by atoms with E-state index in [-0.39, 0.29) is 6.61 Å². The smallest absolute Gasteiger partial charge is 0.323 e. The van der Waals surface area contributed by atoms with Crippen LogP contribution in [0.25, 0.3) is 0 Å². The number of carboxylic acid groups (broad SMARTS) is 1. The maximum Gasteiger partial charge on any atom is 0.323 e. The lowest BCUT2D eigenvalue weighted by Crippen LogP contribution is -2.41. The van der Waals surface area contributed by atoms with Crippen molar-refractivity contribution in [2.24, 2.45) is 0 Å². The fraction of sp³-hybridized carbons (Fsp3) is 0.417. The number of methoxy groups -OCH3 is 1. The molecule has 0 aliphatic heterocycles. The minimum absolute atomic E-state index is 0.185. The van der Waals surface area contributed by atoms with Crippen molar-refractivity contribution in [3.8, 4) is 0 Å². The molecule has 0 heterocycles. The number of benzene rings is 1. The molecular weight excluding hydrogens is 206 g/mol. The Kier molecular flexibility index (Phi) is 5.53. The van der Waals surface area contributed by atoms with Crippen molar-refractivity contribution in [1.29, 1.82) is 0 Å². The van der Waals surface area contributed by atoms with Gasteiger partial charge in [0, 0.05) is 13.7 Å². The van der Waals surface area contributed by atoms with E-state index in [2.05, 4.69) is 5.32 Å². The van der Waals surface area contributed by atoms with Crippen molar-refractivity contribution in [3.63, 3.8) is 0 Å². The van der Waals surface area contributed by atoms with Crippen molar-refractivity contribution in [2.75, 3.05) is 20.3 Å². The van der Waals surface area contributed by atoms with Gasteiger partial charge in [0.2, 0.25) is 0 Å². The number of ether oxygens (including phenoxy) is 1. The summed E-state index contributed by atoms with van der Waals surface area (Å²) >= 11 is 0. The van der Waals surface area contributed by atoms with Crippen LogP contribution in [-0.2, 0) is 16.0 Å². The molecule has 1 aromatic carbocycles. The monoisotopic (exact) mass is 223 g/mol. The van der Waals surface area contributed by atoms with Gasteiger partial charge in [-0.1, -0.05) is 30.3 Å². The summed E-state index contributed by atoms with van der Waals surface area (Å²) in [6.07, 6.45) is 0.814. The number of carbonyl (C=O) groups is 1. The number of aliphatic carboxylic acids is 1. The van der Waals surface area contributed by atoms with Crippen molar-refractivity contribution < 1.29 is 14.6 Å². The third-order valence-electron chi connectivity index (χ3n) is 2.28. The Hall–Kier alpha value is -1.39. The molecule has 16 heavy (non-hydrogen) atoms. The van der Waals surface area contributed by atoms with Crippen LogP contribution >= 0.6 is 0 Å². The van der Waals surface area contributed by atoms with Gasteiger partial charge in [0.1, 0.15) is 6.04 Å². The van der Waals surface area contributed by atoms with E-state index in [4.69, 9.17) is 9.84 Å². The highest BCUT2D eigenvalue weighted by Gasteiger charge is 2.15. The van der Waals surface area contributed by atoms with Gasteiger partial charge in [-0.05, 0) is 12.0 Å². The van der Waals surface area contributed by atoms with Gasteiger partial charge in [0.05, 0.1) is 6.61 Å². The quantitative estimate of drug-likeness (QED) is 0.721. The second-order valence-corrected chi connectivity index (χ2v) is 3.54. The molecule has 4 nitrogen and oxygen atoms in total. The van der Waals surface area contributed by atoms with Crippen LogP contribution in [0.5, 0.6) is 0 Å². The fourth-order valence-electron chi connectivity index (χ4n) is 1.42. The normalized spacial score (nSPS) is 12.3. The molecule has 0 aromatic heterocycles. The summed E-state index contributed by atoms with van der Waals surface area (Å²) in [5, 5.41) is 11.8. The van der Waals surface area contributed by atoms with E-state index in [1.165, 1.54) is 12.7 Å². The minimum Gasteiger partial charge on any atom is -0.480 e. The summed E-state index contributed by atoms with van der Waals surface area (Å²) in [5.41, 5.74) is 1.19. The predicted octanol–water partition coefficient (Wildman–Crippen LogP) is 0.918. The standard InChI is InChI=1S/C12H17NO3/c1-16-9-11(12(14)15)13-8-7-10-5-3-2-4-6-10/h2-6,11,13H,7-9H2,1H3,(H,14,15). The predicted molar refractivity (Wildman–Crippen MR) is 61.4 cm³/mol. The number of hydrogen-bond donors (Lipinski definition) is 2. The maximum atomic E-state index is 10.8. The largest absolute Gasteiger partial charge is 0.480 e. The van der Waals surface area contributed by atoms with Gasteiger partial charge in [0.25, 0.3) is 0 Å². The first kappa shape index (κ1) is 12.7. The van der Waals surface area contributed by atoms with Crippen LogP contribution in [-0.4, -0.2) is 37.4 Å². The van der Waals surface area contributed by atoms with Crippen LogP contribution in [0, 0.1) is 0 Å². The Morgan fingerprint density at radius 3 is 2.69 bits per heavy atom. The first-order valence-electron chi connectivity index (χ1n) is 5.23. The van der Waals surface area contributed by atoms with E-state index >= 15 is 0 Å². The molecule has 0 fully saturated rings. The van der Waals surface area contributed by atoms with Gasteiger partial charge in [0.15, 0.2) is 0 Å². The van der Waals surface area contributed by atoms with E-state index in [0.717, 1.165) is 6.42 Å². The molecule has 0 saturated carbocycles. The zero-order valence-corrected chi connectivity index (χ0v) is 9.35. The van der Waals surface area contributed by atoms with Gasteiger partial charge >= 0.3 is 5.97 Å². The highest BCUT2D eigenvalue weighted by atomic mass is 16.5. The van der Waals surface area contributed by atoms with E-state index < -0.39 is 12.0 Å². The van der Waals surface area contributed by atoms with Crippen molar-refractivity contribution in [1.82, 2.24) is 5.32 Å². The molecule has 1 rings (SSSR count). The van der Waals surface area contributed by atoms with E-state index in [1.807, 2.05) is 30.3 Å². The average molecular weight is 223 g/mol. The molecule has 2 N–H and O–H groups in total. The van der Waals surface area contributed by atoms with E-state index in [1.54, 1.807) is 0 Å². The highest BCUT2D eigenvalue weighted by Crippen LogP contribution is 1.98. The van der Waals surface area contributed by atoms with Crippen LogP contribution in [0.1, 0.15) is 5.56 Å². The van der Waals surface area contributed by atoms with Gasteiger partial charge < -0.3 is 15.2 Å². The molecule has 0 aliphatic rings. The van der Waals surface area contributed by atoms with Crippen LogP contribution < -0.4 is 5.32 Å². The van der Waals surface area contributed by atoms with Crippen molar-refractivity contribution in [3.05, 3.63) is 35.9 Å². The van der Waals surface area contributed by atoms with E-state index in [0.29, 0.717) is 6.54 Å². The first-order valence-corrected chi connectivity index (χ1v) is 5.23. The van der Waals surface area contributed by atoms with Crippen LogP contribution in [0.3, 0.4) is 0 Å². The van der Waals surface area contributed by atoms with Crippen molar-refractivity contribution >= 4 is 5.97 Å². The average Bonchev–Trinajstić information content (AvgIpc) is 2.29. The lowest BCUT2D eigenvalue weighted by atomic mass is 10.1. The number of carboxylic acids is 1. The third-order valence-corrected chi connectivity index (χ3v) is 2.28. The second kappa shape index (κ2) is 6.98. The summed E-state index contributed by atoms with van der Waals surface area (Å²) in [4.78, 5) is 10.8. The summed E-state index contributed by atoms with van der Waals surface area (Å²) in [7, 11) is 1.49. The van der Waals surface area contributed by atoms with Gasteiger partial charge in [-0.15, -0.1) is 0 Å². The Morgan fingerprint density at radius 1 is 1.44 bits per heavy atom. The number of hydrogen-bond acceptors (Lipinski definition) is 3. The summed E-state index contributed by atoms with van der Waals surface area (Å²) in [5.74, 6) is -0.880. The number of rotatable bonds is 7. The molecule has 0 radical (unpaired) electrons. The molecule has 1 aromatic rings. The van der Waals surface area contributed by atoms with Crippen molar-refractivity contribution in [2.45, 2.75) is 12.5 Å². The minimum atomic E-state index is -0.880. The van der Waals surface area contributed by atoms with Gasteiger partial charge in [-0.2, -0.15) is 0 Å². The van der Waals surface area contributed by atoms with Gasteiger partial charge in [-0.3, -0.25) is 4.79 Å². The molecule has 0 bridgehead atoms. The Balaban J connectivity index is 2.31. The molecule has 0 saturated heterocycles. The fourth-order valence-corrected chi connectivity index (χ4v) is 1.42. The number of nitrogens with one attached hydrogen (secondary N) is 1. The van der Waals surface area contributed by atoms with E-state index in [9.17, 15) is 4.79 Å². The molecule has 0 aliphatic carbocycles. The molecule has 4 heteroatoms. The molecule has 0 amide bonds. The zero-order chi connectivity index (χ0) is 11.8. The molecule has 1 atom stereocenters. The highest BCUT2D eigenvalue weighted by molar-refractivity contribution is 5.73. The zero-order valence-electron chi connectivity index (χ0n) is 9.35. The summed E-state index contributed by atoms with van der Waals surface area (Å²) < 4.78 is 4.82. The van der Waals surface area contributed by atoms with Crippen LogP contribution in [0.2, 0.25) is 0 Å². The molecule has 1 unspecified atom stereocenters. The topological polar surface area (TPSA) is 58.6 Å². The third kappa shape index (κ3) is 4.42. The lowest BCUT2D eigenvalue weighted by molar-refractivity contribution is -0.140. The SMILES string of the molecule is COCC(NCCc1ccccc1)C(=O)O. The van der Waals surface area contributed by atoms with Gasteiger partial charge in [-0.25, -0.2) is 0 Å². The molecule has 0 spiro atoms. The Bertz CT molecular complexity index is 313. The Morgan fingerprint density at radius 2 is 2.12 bits per heavy atom.